The second-order valence-electron chi connectivity index (χ2n) is 16.6. The van der Waals surface area contributed by atoms with Crippen molar-refractivity contribution in [1.29, 1.82) is 0 Å². The number of nitrogens with two attached hydrogens (primary N) is 1. The van der Waals surface area contributed by atoms with Crippen LogP contribution in [-0.4, -0.2) is 66.3 Å². The summed E-state index contributed by atoms with van der Waals surface area (Å²) in [5.74, 6) is -1.21. The van der Waals surface area contributed by atoms with Crippen molar-refractivity contribution in [2.24, 2.45) is 17.6 Å². The lowest BCUT2D eigenvalue weighted by atomic mass is 9.90. The van der Waals surface area contributed by atoms with E-state index in [2.05, 4.69) is 26.0 Å². The second kappa shape index (κ2) is 39.2. The largest absolute Gasteiger partial charge is 0.472 e. The number of rotatable bonds is 42. The van der Waals surface area contributed by atoms with Crippen LogP contribution in [0.2, 0.25) is 0 Å². The molecule has 0 heterocycles. The summed E-state index contributed by atoms with van der Waals surface area (Å²) in [7, 11) is -4.44. The van der Waals surface area contributed by atoms with Gasteiger partial charge in [0.2, 0.25) is 0 Å². The monoisotopic (exact) mass is 880 g/mol. The van der Waals surface area contributed by atoms with Crippen molar-refractivity contribution in [3.8, 4) is 0 Å². The van der Waals surface area contributed by atoms with Gasteiger partial charge in [0.05, 0.1) is 19.3 Å². The van der Waals surface area contributed by atoms with Crippen LogP contribution in [0.1, 0.15) is 194 Å². The van der Waals surface area contributed by atoms with E-state index in [1.807, 2.05) is 24.3 Å². The fraction of sp³-hybridized carbons (Fsp3) is 0.776. The zero-order valence-electron chi connectivity index (χ0n) is 38.2. The molecule has 0 aliphatic heterocycles. The number of phosphoric ester groups is 1. The van der Waals surface area contributed by atoms with Crippen LogP contribution in [0.3, 0.4) is 0 Å². The highest BCUT2D eigenvalue weighted by Crippen LogP contribution is 2.43. The molecule has 0 aromatic carbocycles. The molecule has 0 saturated heterocycles. The number of aliphatic hydroxyl groups is 1. The number of ketones is 1. The number of unbranched alkanes of at least 4 members (excludes halogenated alkanes) is 20. The Hall–Kier alpha value is -2.40. The van der Waals surface area contributed by atoms with Gasteiger partial charge in [-0.25, -0.2) is 4.57 Å². The first-order valence-electron chi connectivity index (χ1n) is 24.2. The minimum atomic E-state index is -4.44. The number of hydrogen-bond donors (Lipinski definition) is 3. The van der Waals surface area contributed by atoms with Gasteiger partial charge in [0.1, 0.15) is 6.61 Å². The second-order valence-corrected chi connectivity index (χ2v) is 18.1. The van der Waals surface area contributed by atoms with Crippen LogP contribution >= 0.6 is 7.82 Å². The van der Waals surface area contributed by atoms with Crippen LogP contribution in [0.15, 0.2) is 48.6 Å². The molecular weight excluding hydrogens is 794 g/mol. The topological polar surface area (TPSA) is 172 Å². The molecule has 1 aliphatic carbocycles. The summed E-state index contributed by atoms with van der Waals surface area (Å²) in [6, 6.07) is 0. The van der Waals surface area contributed by atoms with Crippen LogP contribution in [0.25, 0.3) is 0 Å². The third-order valence-electron chi connectivity index (χ3n) is 10.9. The highest BCUT2D eigenvalue weighted by molar-refractivity contribution is 7.47. The number of carbonyl (C=O) groups excluding carboxylic acids is 3. The predicted octanol–water partition coefficient (Wildman–Crippen LogP) is 11.9. The van der Waals surface area contributed by atoms with Crippen molar-refractivity contribution in [3.05, 3.63) is 48.6 Å². The fourth-order valence-electron chi connectivity index (χ4n) is 7.21. The molecule has 0 radical (unpaired) electrons. The summed E-state index contributed by atoms with van der Waals surface area (Å²) in [4.78, 5) is 47.5. The van der Waals surface area contributed by atoms with Crippen LogP contribution in [-0.2, 0) is 37.5 Å². The molecule has 0 amide bonds. The lowest BCUT2D eigenvalue weighted by Crippen LogP contribution is -2.29. The third kappa shape index (κ3) is 33.8. The van der Waals surface area contributed by atoms with E-state index in [0.717, 1.165) is 38.5 Å². The van der Waals surface area contributed by atoms with Crippen LogP contribution in [0.4, 0.5) is 0 Å². The lowest BCUT2D eigenvalue weighted by Gasteiger charge is -2.19. The van der Waals surface area contributed by atoms with Gasteiger partial charge in [-0.2, -0.15) is 0 Å². The number of ether oxygens (including phenoxy) is 2. The SMILES string of the molecule is CCCCCCCC/C=C\CCCCCCCCCCCCCC(=O)OC[C@H](COP(=O)(O)OCCN)OC(=O)CCC/C=C\C[C@H]1C=CC(=O)[C@@H]1/C=C/[C@@H](O)CCCCC. The van der Waals surface area contributed by atoms with Crippen molar-refractivity contribution in [2.75, 3.05) is 26.4 Å². The maximum absolute atomic E-state index is 12.7. The number of aliphatic hydroxyl groups excluding tert-OH is 1. The molecule has 0 fully saturated rings. The quantitative estimate of drug-likeness (QED) is 0.0231. The molecular formula is C49H86NO10P. The van der Waals surface area contributed by atoms with E-state index in [-0.39, 0.29) is 50.2 Å². The highest BCUT2D eigenvalue weighted by Gasteiger charge is 2.27. The van der Waals surface area contributed by atoms with Crippen molar-refractivity contribution >= 4 is 25.5 Å². The molecule has 1 rings (SSSR count). The van der Waals surface area contributed by atoms with Gasteiger partial charge < -0.3 is 25.2 Å². The molecule has 0 aromatic rings. The number of hydrogen-bond acceptors (Lipinski definition) is 10. The van der Waals surface area contributed by atoms with Gasteiger partial charge in [0.25, 0.3) is 0 Å². The molecule has 0 saturated carbocycles. The Bertz CT molecular complexity index is 1280. The molecule has 0 bridgehead atoms. The summed E-state index contributed by atoms with van der Waals surface area (Å²) < 4.78 is 32.8. The van der Waals surface area contributed by atoms with E-state index in [0.29, 0.717) is 32.1 Å². The van der Waals surface area contributed by atoms with Gasteiger partial charge in [-0.05, 0) is 69.8 Å². The van der Waals surface area contributed by atoms with Gasteiger partial charge >= 0.3 is 19.8 Å². The minimum Gasteiger partial charge on any atom is -0.462 e. The van der Waals surface area contributed by atoms with Gasteiger partial charge in [0, 0.05) is 25.3 Å². The van der Waals surface area contributed by atoms with Crippen LogP contribution in [0, 0.1) is 11.8 Å². The standard InChI is InChI=1S/C49H86NO10P/c1-3-5-7-8-9-10-11-12-13-14-15-16-17-18-19-20-21-22-23-24-29-33-48(53)57-41-45(42-59-61(55,56)58-40-39-50)60-49(54)34-30-26-25-28-31-43-35-38-47(52)46(43)37-36-44(51)32-27-6-4-2/h12-13,25,28,35-38,43-46,51H,3-11,14-24,26-27,29-34,39-42,50H2,1-2H3,(H,55,56)/b13-12-,28-25-,37-36+/t43-,44-,45+,46+/m0/s1. The van der Waals surface area contributed by atoms with Gasteiger partial charge in [-0.1, -0.05) is 166 Å². The first-order chi connectivity index (χ1) is 29.6. The Balaban J connectivity index is 2.28. The molecule has 0 spiro atoms. The maximum atomic E-state index is 12.7. The molecule has 5 atom stereocenters. The normalized spacial score (nSPS) is 17.5. The molecule has 12 heteroatoms. The smallest absolute Gasteiger partial charge is 0.462 e. The zero-order valence-corrected chi connectivity index (χ0v) is 39.1. The Morgan fingerprint density at radius 2 is 1.26 bits per heavy atom. The van der Waals surface area contributed by atoms with E-state index in [1.54, 1.807) is 12.2 Å². The Morgan fingerprint density at radius 1 is 0.721 bits per heavy atom. The Kier molecular flexibility index (Phi) is 36.4. The number of carbonyl (C=O) groups is 3. The molecule has 352 valence electrons. The van der Waals surface area contributed by atoms with Crippen molar-refractivity contribution in [3.63, 3.8) is 0 Å². The first-order valence-corrected chi connectivity index (χ1v) is 25.7. The van der Waals surface area contributed by atoms with E-state index >= 15 is 0 Å². The molecule has 1 unspecified atom stereocenters. The molecule has 4 N–H and O–H groups in total. The molecule has 61 heavy (non-hydrogen) atoms. The van der Waals surface area contributed by atoms with Crippen LogP contribution in [0.5, 0.6) is 0 Å². The number of allylic oxidation sites excluding steroid dienone is 7. The molecule has 1 aliphatic rings. The highest BCUT2D eigenvalue weighted by atomic mass is 31.2. The average Bonchev–Trinajstić information content (AvgIpc) is 3.60. The van der Waals surface area contributed by atoms with Gasteiger partial charge in [-0.15, -0.1) is 0 Å². The van der Waals surface area contributed by atoms with E-state index in [1.165, 1.54) is 96.3 Å². The van der Waals surface area contributed by atoms with E-state index in [9.17, 15) is 28.9 Å². The maximum Gasteiger partial charge on any atom is 0.472 e. The van der Waals surface area contributed by atoms with E-state index in [4.69, 9.17) is 24.3 Å². The summed E-state index contributed by atoms with van der Waals surface area (Å²) in [6.45, 7) is 3.41. The number of phosphoric acid groups is 1. The van der Waals surface area contributed by atoms with Gasteiger partial charge in [-0.3, -0.25) is 23.4 Å². The predicted molar refractivity (Wildman–Crippen MR) is 247 cm³/mol. The lowest BCUT2D eigenvalue weighted by molar-refractivity contribution is -0.161. The zero-order chi connectivity index (χ0) is 44.7. The fourth-order valence-corrected chi connectivity index (χ4v) is 7.97. The third-order valence-corrected chi connectivity index (χ3v) is 11.9. The first kappa shape index (κ1) is 56.6. The summed E-state index contributed by atoms with van der Waals surface area (Å²) >= 11 is 0. The Morgan fingerprint density at radius 3 is 1.89 bits per heavy atom. The summed E-state index contributed by atoms with van der Waals surface area (Å²) in [5.41, 5.74) is 5.35. The molecule has 0 aromatic heterocycles. The summed E-state index contributed by atoms with van der Waals surface area (Å²) in [5, 5.41) is 10.2. The summed E-state index contributed by atoms with van der Waals surface area (Å²) in [6.07, 6.45) is 43.4. The molecule has 11 nitrogen and oxygen atoms in total. The average molecular weight is 880 g/mol. The van der Waals surface area contributed by atoms with Crippen LogP contribution < -0.4 is 5.73 Å². The van der Waals surface area contributed by atoms with E-state index < -0.39 is 38.6 Å². The Labute approximate surface area is 370 Å². The minimum absolute atomic E-state index is 0.0182. The van der Waals surface area contributed by atoms with Gasteiger partial charge in [0.15, 0.2) is 11.9 Å². The van der Waals surface area contributed by atoms with Crippen molar-refractivity contribution in [1.82, 2.24) is 0 Å². The van der Waals surface area contributed by atoms with Crippen molar-refractivity contribution < 1.29 is 47.5 Å². The number of esters is 2. The van der Waals surface area contributed by atoms with Crippen molar-refractivity contribution in [2.45, 2.75) is 206 Å².